The van der Waals surface area contributed by atoms with Gasteiger partial charge in [-0.15, -0.1) is 0 Å². The molecule has 4 rings (SSSR count). The maximum absolute atomic E-state index is 11.7. The van der Waals surface area contributed by atoms with Crippen molar-refractivity contribution in [1.29, 1.82) is 0 Å². The maximum atomic E-state index is 11.7. The predicted octanol–water partition coefficient (Wildman–Crippen LogP) is 3.37. The molecule has 0 unspecified atom stereocenters. The van der Waals surface area contributed by atoms with Gasteiger partial charge < -0.3 is 10.2 Å². The highest BCUT2D eigenvalue weighted by Crippen LogP contribution is 2.61. The zero-order valence-corrected chi connectivity index (χ0v) is 12.8. The van der Waals surface area contributed by atoms with Crippen LogP contribution in [0.5, 0.6) is 0 Å². The van der Waals surface area contributed by atoms with Crippen molar-refractivity contribution in [2.45, 2.75) is 64.4 Å². The van der Waals surface area contributed by atoms with E-state index in [2.05, 4.69) is 6.92 Å². The molecule has 3 heteroatoms. The Bertz CT molecular complexity index is 509. The van der Waals surface area contributed by atoms with Crippen molar-refractivity contribution in [3.8, 4) is 0 Å². The van der Waals surface area contributed by atoms with E-state index in [0.29, 0.717) is 30.1 Å². The standard InChI is InChI=1S/C18H26O3/c1-18-9-8-11-10-4-6-15(19)17(21)13(10)3-2-12(11)14(18)5-7-16(18)20/h10-12,14,16,20-21H,2-9H2,1H3/t10-,11+,12-,14-,16+,18+/m1/s1. The summed E-state index contributed by atoms with van der Waals surface area (Å²) in [5.74, 6) is 2.46. The average molecular weight is 290 g/mol. The van der Waals surface area contributed by atoms with E-state index in [1.165, 1.54) is 0 Å². The van der Waals surface area contributed by atoms with Gasteiger partial charge in [-0.1, -0.05) is 6.92 Å². The fraction of sp³-hybridized carbons (Fsp3) is 0.833. The Kier molecular flexibility index (Phi) is 3.01. The molecule has 4 aliphatic carbocycles. The zero-order valence-electron chi connectivity index (χ0n) is 12.8. The van der Waals surface area contributed by atoms with Gasteiger partial charge in [0.05, 0.1) is 6.10 Å². The summed E-state index contributed by atoms with van der Waals surface area (Å²) in [6.07, 6.45) is 7.72. The lowest BCUT2D eigenvalue weighted by atomic mass is 9.52. The molecule has 3 fully saturated rings. The number of hydrogen-bond acceptors (Lipinski definition) is 3. The molecule has 0 amide bonds. The van der Waals surface area contributed by atoms with Gasteiger partial charge in [-0.3, -0.25) is 4.79 Å². The minimum absolute atomic E-state index is 0.0448. The van der Waals surface area contributed by atoms with E-state index in [1.54, 1.807) is 0 Å². The highest BCUT2D eigenvalue weighted by Gasteiger charge is 2.56. The smallest absolute Gasteiger partial charge is 0.197 e. The Morgan fingerprint density at radius 2 is 1.86 bits per heavy atom. The van der Waals surface area contributed by atoms with Crippen molar-refractivity contribution in [1.82, 2.24) is 0 Å². The van der Waals surface area contributed by atoms with E-state index in [-0.39, 0.29) is 23.1 Å². The maximum Gasteiger partial charge on any atom is 0.197 e. The highest BCUT2D eigenvalue weighted by atomic mass is 16.3. The van der Waals surface area contributed by atoms with Gasteiger partial charge in [0.25, 0.3) is 0 Å². The summed E-state index contributed by atoms with van der Waals surface area (Å²) in [6.45, 7) is 2.29. The molecule has 4 aliphatic rings. The van der Waals surface area contributed by atoms with E-state index in [4.69, 9.17) is 0 Å². The Morgan fingerprint density at radius 1 is 1.05 bits per heavy atom. The number of fused-ring (bicyclic) bond motifs is 5. The second-order valence-corrected chi connectivity index (χ2v) is 8.05. The lowest BCUT2D eigenvalue weighted by Crippen LogP contribution is -2.47. The summed E-state index contributed by atoms with van der Waals surface area (Å²) >= 11 is 0. The number of carbonyl (C=O) groups excluding carboxylic acids is 1. The molecule has 0 aromatic heterocycles. The number of aliphatic hydroxyl groups is 2. The Labute approximate surface area is 126 Å². The SMILES string of the molecule is C[C@]12CC[C@@H]3[C@@H](CCC4=C(O)C(=O)CC[C@@H]43)[C@H]1CC[C@@H]2O. The first kappa shape index (κ1) is 13.8. The summed E-state index contributed by atoms with van der Waals surface area (Å²) in [4.78, 5) is 11.7. The van der Waals surface area contributed by atoms with Gasteiger partial charge in [0.15, 0.2) is 11.5 Å². The van der Waals surface area contributed by atoms with E-state index < -0.39 is 0 Å². The first-order valence-corrected chi connectivity index (χ1v) is 8.65. The molecule has 2 N–H and O–H groups in total. The monoisotopic (exact) mass is 290 g/mol. The van der Waals surface area contributed by atoms with Crippen molar-refractivity contribution < 1.29 is 15.0 Å². The molecule has 0 aliphatic heterocycles. The molecule has 0 radical (unpaired) electrons. The fourth-order valence-corrected chi connectivity index (χ4v) is 6.24. The van der Waals surface area contributed by atoms with Crippen molar-refractivity contribution in [2.24, 2.45) is 29.1 Å². The first-order chi connectivity index (χ1) is 10.0. The molecule has 0 saturated heterocycles. The van der Waals surface area contributed by atoms with Crippen molar-refractivity contribution in [2.75, 3.05) is 0 Å². The third-order valence-electron chi connectivity index (χ3n) is 7.40. The number of Topliss-reactive ketones (excluding diaryl/α,β-unsaturated/α-hetero) is 1. The van der Waals surface area contributed by atoms with Crippen LogP contribution < -0.4 is 0 Å². The van der Waals surface area contributed by atoms with Gasteiger partial charge in [-0.25, -0.2) is 0 Å². The molecule has 0 bridgehead atoms. The number of carbonyl (C=O) groups is 1. The quantitative estimate of drug-likeness (QED) is 0.719. The molecule has 116 valence electrons. The van der Waals surface area contributed by atoms with Gasteiger partial charge in [-0.05, 0) is 79.6 Å². The minimum atomic E-state index is -0.123. The summed E-state index contributed by atoms with van der Waals surface area (Å²) in [5.41, 5.74) is 1.18. The Morgan fingerprint density at radius 3 is 2.67 bits per heavy atom. The van der Waals surface area contributed by atoms with Crippen molar-refractivity contribution in [3.63, 3.8) is 0 Å². The molecule has 0 aromatic rings. The predicted molar refractivity (Wildman–Crippen MR) is 79.7 cm³/mol. The van der Waals surface area contributed by atoms with Gasteiger partial charge in [0, 0.05) is 6.42 Å². The number of aliphatic hydroxyl groups excluding tert-OH is 2. The lowest BCUT2D eigenvalue weighted by molar-refractivity contribution is -0.120. The molecule has 0 spiro atoms. The third-order valence-corrected chi connectivity index (χ3v) is 7.40. The van der Waals surface area contributed by atoms with E-state index in [9.17, 15) is 15.0 Å². The van der Waals surface area contributed by atoms with Gasteiger partial charge in [0.1, 0.15) is 0 Å². The summed E-state index contributed by atoms with van der Waals surface area (Å²) in [6, 6.07) is 0. The second-order valence-electron chi connectivity index (χ2n) is 8.05. The molecule has 3 nitrogen and oxygen atoms in total. The Balaban J connectivity index is 1.66. The van der Waals surface area contributed by atoms with E-state index >= 15 is 0 Å². The molecular weight excluding hydrogens is 264 g/mol. The minimum Gasteiger partial charge on any atom is -0.504 e. The number of hydrogen-bond donors (Lipinski definition) is 2. The van der Waals surface area contributed by atoms with Crippen LogP contribution in [-0.4, -0.2) is 22.1 Å². The average Bonchev–Trinajstić information content (AvgIpc) is 2.78. The zero-order chi connectivity index (χ0) is 14.8. The van der Waals surface area contributed by atoms with Crippen LogP contribution in [0.25, 0.3) is 0 Å². The number of rotatable bonds is 0. The molecular formula is C18H26O3. The normalized spacial score (nSPS) is 49.6. The number of allylic oxidation sites excluding steroid dienone is 1. The van der Waals surface area contributed by atoms with E-state index in [0.717, 1.165) is 50.5 Å². The van der Waals surface area contributed by atoms with Crippen molar-refractivity contribution in [3.05, 3.63) is 11.3 Å². The summed E-state index contributed by atoms with van der Waals surface area (Å²) in [7, 11) is 0. The molecule has 3 saturated carbocycles. The topological polar surface area (TPSA) is 57.5 Å². The van der Waals surface area contributed by atoms with Crippen LogP contribution >= 0.6 is 0 Å². The van der Waals surface area contributed by atoms with Crippen LogP contribution in [0, 0.1) is 29.1 Å². The van der Waals surface area contributed by atoms with Crippen LogP contribution in [-0.2, 0) is 4.79 Å². The van der Waals surface area contributed by atoms with Crippen LogP contribution in [0.1, 0.15) is 58.3 Å². The Hall–Kier alpha value is -0.830. The summed E-state index contributed by atoms with van der Waals surface area (Å²) in [5, 5.41) is 20.5. The molecule has 0 aromatic carbocycles. The molecule has 6 atom stereocenters. The number of ketones is 1. The molecule has 0 heterocycles. The van der Waals surface area contributed by atoms with Gasteiger partial charge in [0.2, 0.25) is 0 Å². The second kappa shape index (κ2) is 4.58. The van der Waals surface area contributed by atoms with Crippen LogP contribution in [0.15, 0.2) is 11.3 Å². The largest absolute Gasteiger partial charge is 0.504 e. The summed E-state index contributed by atoms with van der Waals surface area (Å²) < 4.78 is 0. The fourth-order valence-electron chi connectivity index (χ4n) is 6.24. The van der Waals surface area contributed by atoms with Crippen LogP contribution in [0.2, 0.25) is 0 Å². The third kappa shape index (κ3) is 1.79. The molecule has 21 heavy (non-hydrogen) atoms. The van der Waals surface area contributed by atoms with E-state index in [1.807, 2.05) is 0 Å². The van der Waals surface area contributed by atoms with Crippen molar-refractivity contribution >= 4 is 5.78 Å². The first-order valence-electron chi connectivity index (χ1n) is 8.65. The van der Waals surface area contributed by atoms with Gasteiger partial charge in [-0.2, -0.15) is 0 Å². The van der Waals surface area contributed by atoms with Crippen LogP contribution in [0.4, 0.5) is 0 Å². The van der Waals surface area contributed by atoms with Gasteiger partial charge >= 0.3 is 0 Å². The van der Waals surface area contributed by atoms with Crippen LogP contribution in [0.3, 0.4) is 0 Å². The highest BCUT2D eigenvalue weighted by molar-refractivity contribution is 5.94. The lowest BCUT2D eigenvalue weighted by Gasteiger charge is -2.53.